The lowest BCUT2D eigenvalue weighted by molar-refractivity contribution is -0.138. The number of hydrogen-bond donors (Lipinski definition) is 0. The van der Waals surface area contributed by atoms with Gasteiger partial charge in [0.05, 0.1) is 17.1 Å². The Morgan fingerprint density at radius 2 is 1.96 bits per heavy atom. The average molecular weight is 381 g/mol. The third-order valence-electron chi connectivity index (χ3n) is 5.02. The molecule has 2 rings (SSSR count). The summed E-state index contributed by atoms with van der Waals surface area (Å²) in [5, 5.41) is 0. The molecule has 1 fully saturated rings. The molecule has 0 aliphatic carbocycles. The second-order valence-corrected chi connectivity index (χ2v) is 9.22. The van der Waals surface area contributed by atoms with Crippen molar-refractivity contribution >= 4 is 21.7 Å². The Morgan fingerprint density at radius 3 is 2.50 bits per heavy atom. The van der Waals surface area contributed by atoms with E-state index in [1.54, 1.807) is 17.0 Å². The van der Waals surface area contributed by atoms with Gasteiger partial charge in [-0.15, -0.1) is 0 Å². The molecule has 7 heteroatoms. The van der Waals surface area contributed by atoms with E-state index in [0.29, 0.717) is 18.4 Å². The van der Waals surface area contributed by atoms with Crippen LogP contribution >= 0.6 is 0 Å². The summed E-state index contributed by atoms with van der Waals surface area (Å²) < 4.78 is 28.7. The Morgan fingerprint density at radius 1 is 1.27 bits per heavy atom. The van der Waals surface area contributed by atoms with Gasteiger partial charge in [-0.1, -0.05) is 13.0 Å². The van der Waals surface area contributed by atoms with E-state index in [0.717, 1.165) is 11.1 Å². The zero-order valence-corrected chi connectivity index (χ0v) is 16.6. The number of nitrogens with zero attached hydrogens (tertiary/aromatic N) is 1. The molecule has 1 aliphatic heterocycles. The van der Waals surface area contributed by atoms with E-state index in [1.807, 2.05) is 33.8 Å². The minimum absolute atomic E-state index is 0.0197. The van der Waals surface area contributed by atoms with E-state index in [1.165, 1.54) is 0 Å². The molecule has 2 atom stereocenters. The molecule has 1 aliphatic rings. The van der Waals surface area contributed by atoms with Gasteiger partial charge in [0.25, 0.3) is 5.91 Å². The van der Waals surface area contributed by atoms with Crippen LogP contribution in [0.5, 0.6) is 0 Å². The second kappa shape index (κ2) is 8.20. The fourth-order valence-corrected chi connectivity index (χ4v) is 4.87. The summed E-state index contributed by atoms with van der Waals surface area (Å²) in [6, 6.07) is 4.79. The maximum atomic E-state index is 12.7. The van der Waals surface area contributed by atoms with Crippen LogP contribution in [-0.4, -0.2) is 55.4 Å². The van der Waals surface area contributed by atoms with Crippen molar-refractivity contribution in [3.63, 3.8) is 0 Å². The maximum Gasteiger partial charge on any atom is 0.338 e. The molecule has 0 unspecified atom stereocenters. The van der Waals surface area contributed by atoms with Crippen LogP contribution in [-0.2, 0) is 19.4 Å². The predicted molar refractivity (Wildman–Crippen MR) is 99.9 cm³/mol. The van der Waals surface area contributed by atoms with Crippen molar-refractivity contribution in [3.8, 4) is 0 Å². The molecule has 0 radical (unpaired) electrons. The molecule has 1 aromatic rings. The SMILES string of the molecule is CC[C@H](C)N(C(=O)COC(=O)c1ccc(C)c(C)c1)[C@H]1CCS(=O)(=O)C1. The van der Waals surface area contributed by atoms with Crippen LogP contribution in [0.25, 0.3) is 0 Å². The summed E-state index contributed by atoms with van der Waals surface area (Å²) in [6.07, 6.45) is 1.14. The van der Waals surface area contributed by atoms with Gasteiger partial charge in [0.1, 0.15) is 0 Å². The fourth-order valence-electron chi connectivity index (χ4n) is 3.15. The van der Waals surface area contributed by atoms with E-state index in [9.17, 15) is 18.0 Å². The molecule has 0 bridgehead atoms. The van der Waals surface area contributed by atoms with Crippen molar-refractivity contribution in [2.75, 3.05) is 18.1 Å². The number of carbonyl (C=O) groups is 2. The lowest BCUT2D eigenvalue weighted by Gasteiger charge is -2.33. The number of benzene rings is 1. The molecule has 26 heavy (non-hydrogen) atoms. The molecule has 0 spiro atoms. The first kappa shape index (κ1) is 20.4. The van der Waals surface area contributed by atoms with Crippen LogP contribution in [0.1, 0.15) is 48.2 Å². The van der Waals surface area contributed by atoms with Crippen LogP contribution in [0.3, 0.4) is 0 Å². The fraction of sp³-hybridized carbons (Fsp3) is 0.579. The third kappa shape index (κ3) is 4.84. The molecule has 144 valence electrons. The molecule has 0 aromatic heterocycles. The van der Waals surface area contributed by atoms with Gasteiger partial charge in [-0.3, -0.25) is 4.79 Å². The van der Waals surface area contributed by atoms with Crippen molar-refractivity contribution in [1.82, 2.24) is 4.90 Å². The Kier molecular flexibility index (Phi) is 6.44. The van der Waals surface area contributed by atoms with E-state index in [2.05, 4.69) is 0 Å². The summed E-state index contributed by atoms with van der Waals surface area (Å²) in [7, 11) is -3.10. The number of rotatable bonds is 6. The largest absolute Gasteiger partial charge is 0.452 e. The minimum Gasteiger partial charge on any atom is -0.452 e. The smallest absolute Gasteiger partial charge is 0.338 e. The number of ether oxygens (including phenoxy) is 1. The number of carbonyl (C=O) groups excluding carboxylic acids is 2. The quantitative estimate of drug-likeness (QED) is 0.706. The zero-order valence-electron chi connectivity index (χ0n) is 15.8. The monoisotopic (exact) mass is 381 g/mol. The summed E-state index contributed by atoms with van der Waals surface area (Å²) in [4.78, 5) is 26.4. The second-order valence-electron chi connectivity index (χ2n) is 6.99. The van der Waals surface area contributed by atoms with Crippen LogP contribution < -0.4 is 0 Å². The van der Waals surface area contributed by atoms with Crippen molar-refractivity contribution in [2.45, 2.75) is 52.6 Å². The van der Waals surface area contributed by atoms with E-state index in [-0.39, 0.29) is 36.1 Å². The molecule has 0 N–H and O–H groups in total. The van der Waals surface area contributed by atoms with Crippen LogP contribution in [0.15, 0.2) is 18.2 Å². The molecular weight excluding hydrogens is 354 g/mol. The molecular formula is C19H27NO5S. The van der Waals surface area contributed by atoms with Crippen molar-refractivity contribution < 1.29 is 22.7 Å². The van der Waals surface area contributed by atoms with Crippen LogP contribution in [0, 0.1) is 13.8 Å². The summed E-state index contributed by atoms with van der Waals surface area (Å²) in [6.45, 7) is 7.30. The van der Waals surface area contributed by atoms with Gasteiger partial charge in [-0.05, 0) is 56.9 Å². The van der Waals surface area contributed by atoms with Gasteiger partial charge < -0.3 is 9.64 Å². The lowest BCUT2D eigenvalue weighted by Crippen LogP contribution is -2.48. The first-order valence-electron chi connectivity index (χ1n) is 8.90. The van der Waals surface area contributed by atoms with Gasteiger partial charge in [0.15, 0.2) is 16.4 Å². The highest BCUT2D eigenvalue weighted by Gasteiger charge is 2.36. The highest BCUT2D eigenvalue weighted by atomic mass is 32.2. The standard InChI is InChI=1S/C19H27NO5S/c1-5-15(4)20(17-8-9-26(23,24)12-17)18(21)11-25-19(22)16-7-6-13(2)14(3)10-16/h6-7,10,15,17H,5,8-9,11-12H2,1-4H3/t15-,17-/m0/s1. The van der Waals surface area contributed by atoms with E-state index >= 15 is 0 Å². The van der Waals surface area contributed by atoms with Gasteiger partial charge >= 0.3 is 5.97 Å². The normalized spacial score (nSPS) is 19.8. The number of sulfone groups is 1. The first-order valence-corrected chi connectivity index (χ1v) is 10.7. The summed E-state index contributed by atoms with van der Waals surface area (Å²) >= 11 is 0. The molecule has 1 amide bonds. The molecule has 0 saturated carbocycles. The average Bonchev–Trinajstić information content (AvgIpc) is 2.94. The van der Waals surface area contributed by atoms with Gasteiger partial charge in [-0.2, -0.15) is 0 Å². The van der Waals surface area contributed by atoms with Crippen molar-refractivity contribution in [2.24, 2.45) is 0 Å². The zero-order chi connectivity index (χ0) is 19.5. The Balaban J connectivity index is 2.04. The first-order chi connectivity index (χ1) is 12.1. The Labute approximate surface area is 155 Å². The van der Waals surface area contributed by atoms with E-state index < -0.39 is 15.8 Å². The highest BCUT2D eigenvalue weighted by molar-refractivity contribution is 7.91. The molecule has 1 aromatic carbocycles. The number of aryl methyl sites for hydroxylation is 2. The predicted octanol–water partition coefficient (Wildman–Crippen LogP) is 2.27. The number of hydrogen-bond acceptors (Lipinski definition) is 5. The van der Waals surface area contributed by atoms with Gasteiger partial charge in [0.2, 0.25) is 0 Å². The van der Waals surface area contributed by atoms with Crippen LogP contribution in [0.4, 0.5) is 0 Å². The third-order valence-corrected chi connectivity index (χ3v) is 6.78. The van der Waals surface area contributed by atoms with E-state index in [4.69, 9.17) is 4.74 Å². The number of amides is 1. The Bertz CT molecular complexity index is 787. The number of esters is 1. The molecule has 1 heterocycles. The molecule has 1 saturated heterocycles. The summed E-state index contributed by atoms with van der Waals surface area (Å²) in [5.41, 5.74) is 2.45. The van der Waals surface area contributed by atoms with Crippen molar-refractivity contribution in [1.29, 1.82) is 0 Å². The Hall–Kier alpha value is -1.89. The van der Waals surface area contributed by atoms with Gasteiger partial charge in [-0.25, -0.2) is 13.2 Å². The summed E-state index contributed by atoms with van der Waals surface area (Å²) in [5.74, 6) is -0.822. The van der Waals surface area contributed by atoms with Crippen molar-refractivity contribution in [3.05, 3.63) is 34.9 Å². The minimum atomic E-state index is -3.10. The highest BCUT2D eigenvalue weighted by Crippen LogP contribution is 2.21. The van der Waals surface area contributed by atoms with Crippen LogP contribution in [0.2, 0.25) is 0 Å². The maximum absolute atomic E-state index is 12.7. The lowest BCUT2D eigenvalue weighted by atomic mass is 10.1. The topological polar surface area (TPSA) is 80.8 Å². The molecule has 6 nitrogen and oxygen atoms in total. The van der Waals surface area contributed by atoms with Gasteiger partial charge in [0, 0.05) is 12.1 Å².